The van der Waals surface area contributed by atoms with Crippen LogP contribution in [-0.4, -0.2) is 44.9 Å². The van der Waals surface area contributed by atoms with Crippen molar-refractivity contribution in [3.05, 3.63) is 42.2 Å². The Morgan fingerprint density at radius 2 is 2.05 bits per heavy atom. The third kappa shape index (κ3) is 2.81. The number of carbonyl (C=O) groups is 1. The fraction of sp³-hybridized carbons (Fsp3) is 0.308. The van der Waals surface area contributed by atoms with Crippen LogP contribution in [0.15, 0.2) is 36.5 Å². The van der Waals surface area contributed by atoms with Gasteiger partial charge in [-0.3, -0.25) is 4.79 Å². The first-order chi connectivity index (χ1) is 9.24. The first-order valence-electron chi connectivity index (χ1n) is 6.26. The molecule has 0 aliphatic carbocycles. The topological polar surface area (TPSA) is 77.0 Å². The molecule has 1 fully saturated rings. The molecule has 20 heavy (non-hydrogen) atoms. The largest absolute Gasteiger partial charge is 0.336 e. The van der Waals surface area contributed by atoms with Crippen molar-refractivity contribution in [3.63, 3.8) is 0 Å². The fourth-order valence-electron chi connectivity index (χ4n) is 2.18. The second-order valence-corrected chi connectivity index (χ2v) is 4.65. The third-order valence-corrected chi connectivity index (χ3v) is 3.21. The van der Waals surface area contributed by atoms with Gasteiger partial charge in [-0.15, -0.1) is 17.5 Å². The minimum absolute atomic E-state index is 0. The molecule has 1 atom stereocenters. The number of nitrogens with two attached hydrogens (primary N) is 1. The quantitative estimate of drug-likeness (QED) is 0.891. The molecular weight excluding hydrogens is 278 g/mol. The van der Waals surface area contributed by atoms with Crippen molar-refractivity contribution in [2.24, 2.45) is 5.73 Å². The number of likely N-dealkylation sites (tertiary alicyclic amines) is 1. The molecule has 1 unspecified atom stereocenters. The van der Waals surface area contributed by atoms with E-state index < -0.39 is 0 Å². The molecule has 0 bridgehead atoms. The summed E-state index contributed by atoms with van der Waals surface area (Å²) in [5, 5.41) is 8.35. The zero-order valence-corrected chi connectivity index (χ0v) is 11.7. The SMILES string of the molecule is Cl.NC1CCN(C(=O)c2cnn(-c3ccccc3)n2)C1. The van der Waals surface area contributed by atoms with Crippen LogP contribution in [0.25, 0.3) is 5.69 Å². The predicted octanol–water partition coefficient (Wildman–Crippen LogP) is 0.862. The van der Waals surface area contributed by atoms with Crippen molar-refractivity contribution < 1.29 is 4.79 Å². The van der Waals surface area contributed by atoms with Crippen LogP contribution >= 0.6 is 12.4 Å². The highest BCUT2D eigenvalue weighted by molar-refractivity contribution is 5.92. The van der Waals surface area contributed by atoms with E-state index in [4.69, 9.17) is 5.73 Å². The van der Waals surface area contributed by atoms with E-state index in [9.17, 15) is 4.79 Å². The number of carbonyl (C=O) groups excluding carboxylic acids is 1. The number of aromatic nitrogens is 3. The molecule has 2 N–H and O–H groups in total. The summed E-state index contributed by atoms with van der Waals surface area (Å²) in [5.74, 6) is -0.102. The van der Waals surface area contributed by atoms with Crippen LogP contribution in [0.3, 0.4) is 0 Å². The Kier molecular flexibility index (Phi) is 4.36. The molecule has 1 saturated heterocycles. The molecule has 0 spiro atoms. The number of rotatable bonds is 2. The highest BCUT2D eigenvalue weighted by atomic mass is 35.5. The first-order valence-corrected chi connectivity index (χ1v) is 6.26. The lowest BCUT2D eigenvalue weighted by Crippen LogP contribution is -2.32. The highest BCUT2D eigenvalue weighted by Crippen LogP contribution is 2.11. The molecule has 1 aromatic carbocycles. The Balaban J connectivity index is 0.00000147. The second-order valence-electron chi connectivity index (χ2n) is 4.65. The maximum absolute atomic E-state index is 12.2. The summed E-state index contributed by atoms with van der Waals surface area (Å²) in [5.41, 5.74) is 6.99. The van der Waals surface area contributed by atoms with Crippen LogP contribution in [-0.2, 0) is 0 Å². The van der Waals surface area contributed by atoms with Gasteiger partial charge < -0.3 is 10.6 Å². The van der Waals surface area contributed by atoms with Gasteiger partial charge in [-0.25, -0.2) is 0 Å². The molecule has 1 aliphatic heterocycles. The Morgan fingerprint density at radius 3 is 2.70 bits per heavy atom. The Bertz CT molecular complexity index is 585. The standard InChI is InChI=1S/C13H15N5O.ClH/c14-10-6-7-17(9-10)13(19)12-8-15-18(16-12)11-4-2-1-3-5-11;/h1-5,8,10H,6-7,9,14H2;1H. The van der Waals surface area contributed by atoms with Gasteiger partial charge in [0.05, 0.1) is 11.9 Å². The van der Waals surface area contributed by atoms with Crippen molar-refractivity contribution in [2.45, 2.75) is 12.5 Å². The first kappa shape index (κ1) is 14.5. The summed E-state index contributed by atoms with van der Waals surface area (Å²) in [7, 11) is 0. The van der Waals surface area contributed by atoms with Crippen LogP contribution < -0.4 is 5.73 Å². The molecule has 7 heteroatoms. The zero-order chi connectivity index (χ0) is 13.2. The van der Waals surface area contributed by atoms with Gasteiger partial charge in [0, 0.05) is 19.1 Å². The number of hydrogen-bond donors (Lipinski definition) is 1. The average molecular weight is 294 g/mol. The third-order valence-electron chi connectivity index (χ3n) is 3.21. The smallest absolute Gasteiger partial charge is 0.276 e. The van der Waals surface area contributed by atoms with Gasteiger partial charge in [0.2, 0.25) is 0 Å². The van der Waals surface area contributed by atoms with Crippen molar-refractivity contribution >= 4 is 18.3 Å². The number of halogens is 1. The van der Waals surface area contributed by atoms with Crippen molar-refractivity contribution in [3.8, 4) is 5.69 Å². The maximum atomic E-state index is 12.2. The lowest BCUT2D eigenvalue weighted by atomic mass is 10.3. The molecule has 3 rings (SSSR count). The van der Waals surface area contributed by atoms with Gasteiger partial charge in [-0.1, -0.05) is 18.2 Å². The molecule has 1 aliphatic rings. The Labute approximate surface area is 123 Å². The van der Waals surface area contributed by atoms with Gasteiger partial charge >= 0.3 is 0 Å². The number of amides is 1. The van der Waals surface area contributed by atoms with E-state index in [1.165, 1.54) is 11.0 Å². The summed E-state index contributed by atoms with van der Waals surface area (Å²) in [4.78, 5) is 15.4. The summed E-state index contributed by atoms with van der Waals surface area (Å²) < 4.78 is 0. The van der Waals surface area contributed by atoms with E-state index >= 15 is 0 Å². The van der Waals surface area contributed by atoms with Gasteiger partial charge in [-0.2, -0.15) is 9.90 Å². The minimum Gasteiger partial charge on any atom is -0.336 e. The minimum atomic E-state index is -0.102. The lowest BCUT2D eigenvalue weighted by Gasteiger charge is -2.13. The number of hydrogen-bond acceptors (Lipinski definition) is 4. The predicted molar refractivity (Wildman–Crippen MR) is 77.1 cm³/mol. The second kappa shape index (κ2) is 6.02. The summed E-state index contributed by atoms with van der Waals surface area (Å²) >= 11 is 0. The molecule has 106 valence electrons. The van der Waals surface area contributed by atoms with E-state index in [2.05, 4.69) is 10.2 Å². The van der Waals surface area contributed by atoms with Crippen LogP contribution in [0, 0.1) is 0 Å². The Hall–Kier alpha value is -1.92. The highest BCUT2D eigenvalue weighted by Gasteiger charge is 2.26. The molecule has 0 saturated carbocycles. The number of benzene rings is 1. The van der Waals surface area contributed by atoms with Gasteiger partial charge in [0.15, 0.2) is 5.69 Å². The Morgan fingerprint density at radius 1 is 1.30 bits per heavy atom. The molecule has 2 heterocycles. The summed E-state index contributed by atoms with van der Waals surface area (Å²) in [6.07, 6.45) is 2.34. The molecule has 1 aromatic heterocycles. The van der Waals surface area contributed by atoms with E-state index in [0.717, 1.165) is 12.1 Å². The molecule has 0 radical (unpaired) electrons. The van der Waals surface area contributed by atoms with E-state index in [1.807, 2.05) is 30.3 Å². The number of nitrogens with zero attached hydrogens (tertiary/aromatic N) is 4. The zero-order valence-electron chi connectivity index (χ0n) is 10.8. The summed E-state index contributed by atoms with van der Waals surface area (Å²) in [6.45, 7) is 1.29. The molecule has 6 nitrogen and oxygen atoms in total. The van der Waals surface area contributed by atoms with Gasteiger partial charge in [0.1, 0.15) is 0 Å². The lowest BCUT2D eigenvalue weighted by molar-refractivity contribution is 0.0784. The van der Waals surface area contributed by atoms with E-state index in [0.29, 0.717) is 18.8 Å². The van der Waals surface area contributed by atoms with E-state index in [1.54, 1.807) is 4.90 Å². The van der Waals surface area contributed by atoms with Gasteiger partial charge in [0.25, 0.3) is 5.91 Å². The molecule has 2 aromatic rings. The van der Waals surface area contributed by atoms with Crippen LogP contribution in [0.1, 0.15) is 16.9 Å². The van der Waals surface area contributed by atoms with Crippen LogP contribution in [0.4, 0.5) is 0 Å². The van der Waals surface area contributed by atoms with Crippen molar-refractivity contribution in [1.82, 2.24) is 19.9 Å². The number of para-hydroxylation sites is 1. The van der Waals surface area contributed by atoms with Crippen LogP contribution in [0.2, 0.25) is 0 Å². The average Bonchev–Trinajstić information content (AvgIpc) is 3.08. The van der Waals surface area contributed by atoms with E-state index in [-0.39, 0.29) is 24.4 Å². The van der Waals surface area contributed by atoms with Crippen molar-refractivity contribution in [1.29, 1.82) is 0 Å². The van der Waals surface area contributed by atoms with Gasteiger partial charge in [-0.05, 0) is 18.6 Å². The summed E-state index contributed by atoms with van der Waals surface area (Å²) in [6, 6.07) is 9.58. The molecular formula is C13H16ClN5O. The normalized spacial score (nSPS) is 17.9. The monoisotopic (exact) mass is 293 g/mol. The van der Waals surface area contributed by atoms with Crippen LogP contribution in [0.5, 0.6) is 0 Å². The molecule has 1 amide bonds. The fourth-order valence-corrected chi connectivity index (χ4v) is 2.18. The maximum Gasteiger partial charge on any atom is 0.276 e. The van der Waals surface area contributed by atoms with Crippen molar-refractivity contribution in [2.75, 3.05) is 13.1 Å².